The maximum absolute atomic E-state index is 12.4. The van der Waals surface area contributed by atoms with E-state index in [1.807, 2.05) is 36.4 Å². The molecule has 0 unspecified atom stereocenters. The number of nitrogens with zero attached hydrogens (tertiary/aromatic N) is 1. The second-order valence-electron chi connectivity index (χ2n) is 5.66. The van der Waals surface area contributed by atoms with E-state index in [2.05, 4.69) is 10.3 Å². The van der Waals surface area contributed by atoms with Crippen LogP contribution in [0.5, 0.6) is 5.75 Å². The van der Waals surface area contributed by atoms with Crippen molar-refractivity contribution in [3.8, 4) is 5.75 Å². The molecule has 0 saturated heterocycles. The molecule has 0 aliphatic rings. The molecule has 26 heavy (non-hydrogen) atoms. The Morgan fingerprint density at radius 3 is 2.15 bits per heavy atom. The number of nitrogens with one attached hydrogen (secondary N) is 1. The third-order valence-electron chi connectivity index (χ3n) is 3.83. The van der Waals surface area contributed by atoms with Gasteiger partial charge in [-0.05, 0) is 53.9 Å². The molecule has 3 rings (SSSR count). The van der Waals surface area contributed by atoms with Gasteiger partial charge in [0.1, 0.15) is 0 Å². The molecule has 0 radical (unpaired) electrons. The second-order valence-corrected chi connectivity index (χ2v) is 6.47. The lowest BCUT2D eigenvalue weighted by Crippen LogP contribution is -2.12. The van der Waals surface area contributed by atoms with Crippen LogP contribution in [0.2, 0.25) is 10.0 Å². The van der Waals surface area contributed by atoms with E-state index < -0.39 is 0 Å². The van der Waals surface area contributed by atoms with Gasteiger partial charge in [0.15, 0.2) is 5.75 Å². The van der Waals surface area contributed by atoms with Gasteiger partial charge in [-0.25, -0.2) is 0 Å². The zero-order chi connectivity index (χ0) is 18.5. The Balaban J connectivity index is 1.70. The van der Waals surface area contributed by atoms with Gasteiger partial charge in [0.05, 0.1) is 17.2 Å². The Hall–Kier alpha value is -2.56. The fourth-order valence-corrected chi connectivity index (χ4v) is 3.17. The molecular formula is C20H16Cl2N2O2. The lowest BCUT2D eigenvalue weighted by atomic mass is 10.1. The fourth-order valence-electron chi connectivity index (χ4n) is 2.53. The third kappa shape index (κ3) is 4.34. The van der Waals surface area contributed by atoms with Crippen LogP contribution in [0.3, 0.4) is 0 Å². The minimum absolute atomic E-state index is 0.290. The van der Waals surface area contributed by atoms with Gasteiger partial charge in [0, 0.05) is 23.6 Å². The summed E-state index contributed by atoms with van der Waals surface area (Å²) in [7, 11) is 1.47. The highest BCUT2D eigenvalue weighted by molar-refractivity contribution is 6.37. The van der Waals surface area contributed by atoms with Gasteiger partial charge < -0.3 is 10.1 Å². The van der Waals surface area contributed by atoms with Crippen molar-refractivity contribution in [2.75, 3.05) is 12.4 Å². The van der Waals surface area contributed by atoms with E-state index in [1.54, 1.807) is 12.4 Å². The fraction of sp³-hybridized carbons (Fsp3) is 0.100. The molecule has 3 aromatic rings. The molecule has 0 spiro atoms. The third-order valence-corrected chi connectivity index (χ3v) is 4.40. The molecule has 2 aromatic carbocycles. The summed E-state index contributed by atoms with van der Waals surface area (Å²) >= 11 is 12.2. The first-order valence-electron chi connectivity index (χ1n) is 7.89. The highest BCUT2D eigenvalue weighted by atomic mass is 35.5. The maximum atomic E-state index is 12.4. The van der Waals surface area contributed by atoms with Gasteiger partial charge in [0.25, 0.3) is 5.91 Å². The molecule has 0 aliphatic heterocycles. The van der Waals surface area contributed by atoms with E-state index in [0.717, 1.165) is 12.0 Å². The van der Waals surface area contributed by atoms with Gasteiger partial charge in [-0.3, -0.25) is 9.78 Å². The number of methoxy groups -OCH3 is 1. The standard InChI is InChI=1S/C20H16Cl2N2O2/c1-26-19-17(21)11-15(12-18(19)22)20(25)24-16-4-2-13(3-5-16)10-14-6-8-23-9-7-14/h2-9,11-12H,10H2,1H3,(H,24,25). The first-order chi connectivity index (χ1) is 12.6. The first-order valence-corrected chi connectivity index (χ1v) is 8.64. The van der Waals surface area contributed by atoms with Gasteiger partial charge in [-0.1, -0.05) is 35.3 Å². The van der Waals surface area contributed by atoms with E-state index in [9.17, 15) is 4.79 Å². The van der Waals surface area contributed by atoms with Crippen molar-refractivity contribution in [2.24, 2.45) is 0 Å². The number of amides is 1. The summed E-state index contributed by atoms with van der Waals surface area (Å²) < 4.78 is 5.09. The second kappa shape index (κ2) is 8.21. The Morgan fingerprint density at radius 1 is 1.00 bits per heavy atom. The lowest BCUT2D eigenvalue weighted by molar-refractivity contribution is 0.102. The maximum Gasteiger partial charge on any atom is 0.255 e. The number of pyridine rings is 1. The van der Waals surface area contributed by atoms with Crippen molar-refractivity contribution >= 4 is 34.8 Å². The van der Waals surface area contributed by atoms with Crippen molar-refractivity contribution in [1.82, 2.24) is 4.98 Å². The Kier molecular flexibility index (Phi) is 5.76. The molecule has 0 aliphatic carbocycles. The Labute approximate surface area is 161 Å². The molecular weight excluding hydrogens is 371 g/mol. The number of carbonyl (C=O) groups is 1. The molecule has 6 heteroatoms. The zero-order valence-electron chi connectivity index (χ0n) is 14.0. The van der Waals surface area contributed by atoms with Crippen molar-refractivity contribution < 1.29 is 9.53 Å². The smallest absolute Gasteiger partial charge is 0.255 e. The zero-order valence-corrected chi connectivity index (χ0v) is 15.5. The minimum Gasteiger partial charge on any atom is -0.494 e. The van der Waals surface area contributed by atoms with Crippen LogP contribution in [0.1, 0.15) is 21.5 Å². The molecule has 1 N–H and O–H groups in total. The summed E-state index contributed by atoms with van der Waals surface area (Å²) in [4.78, 5) is 16.4. The number of benzene rings is 2. The average Bonchev–Trinajstić information content (AvgIpc) is 2.64. The van der Waals surface area contributed by atoms with Gasteiger partial charge in [-0.2, -0.15) is 0 Å². The van der Waals surface area contributed by atoms with Crippen LogP contribution in [0, 0.1) is 0 Å². The van der Waals surface area contributed by atoms with E-state index in [1.165, 1.54) is 24.8 Å². The number of ether oxygens (including phenoxy) is 1. The first kappa shape index (κ1) is 18.2. The summed E-state index contributed by atoms with van der Waals surface area (Å²) in [5, 5.41) is 3.41. The average molecular weight is 387 g/mol. The van der Waals surface area contributed by atoms with Crippen LogP contribution in [-0.4, -0.2) is 18.0 Å². The van der Waals surface area contributed by atoms with Crippen LogP contribution in [0.25, 0.3) is 0 Å². The number of hydrogen-bond donors (Lipinski definition) is 1. The van der Waals surface area contributed by atoms with E-state index in [-0.39, 0.29) is 16.0 Å². The molecule has 0 saturated carbocycles. The monoisotopic (exact) mass is 386 g/mol. The normalized spacial score (nSPS) is 10.4. The molecule has 0 fully saturated rings. The van der Waals surface area contributed by atoms with E-state index in [0.29, 0.717) is 17.0 Å². The summed E-state index contributed by atoms with van der Waals surface area (Å²) in [6.07, 6.45) is 4.35. The molecule has 1 aromatic heterocycles. The van der Waals surface area contributed by atoms with Crippen molar-refractivity contribution in [1.29, 1.82) is 0 Å². The van der Waals surface area contributed by atoms with Crippen molar-refractivity contribution in [3.63, 3.8) is 0 Å². The molecule has 1 heterocycles. The van der Waals surface area contributed by atoms with Crippen LogP contribution >= 0.6 is 23.2 Å². The topological polar surface area (TPSA) is 51.2 Å². The van der Waals surface area contributed by atoms with Crippen LogP contribution in [0.15, 0.2) is 60.9 Å². The van der Waals surface area contributed by atoms with Gasteiger partial charge >= 0.3 is 0 Å². The highest BCUT2D eigenvalue weighted by Crippen LogP contribution is 2.34. The summed E-state index contributed by atoms with van der Waals surface area (Å²) in [5.74, 6) is 0.0590. The predicted molar refractivity (Wildman–Crippen MR) is 104 cm³/mol. The molecule has 0 atom stereocenters. The number of rotatable bonds is 5. The molecule has 4 nitrogen and oxygen atoms in total. The summed E-state index contributed by atoms with van der Waals surface area (Å²) in [6, 6.07) is 14.7. The number of hydrogen-bond acceptors (Lipinski definition) is 3. The molecule has 0 bridgehead atoms. The summed E-state index contributed by atoms with van der Waals surface area (Å²) in [5.41, 5.74) is 3.38. The SMILES string of the molecule is COc1c(Cl)cc(C(=O)Nc2ccc(Cc3ccncc3)cc2)cc1Cl. The number of anilines is 1. The quantitative estimate of drug-likeness (QED) is 0.651. The Bertz CT molecular complexity index is 890. The predicted octanol–water partition coefficient (Wildman–Crippen LogP) is 5.24. The lowest BCUT2D eigenvalue weighted by Gasteiger charge is -2.10. The van der Waals surface area contributed by atoms with Gasteiger partial charge in [0.2, 0.25) is 0 Å². The molecule has 1 amide bonds. The van der Waals surface area contributed by atoms with Gasteiger partial charge in [-0.15, -0.1) is 0 Å². The molecule has 132 valence electrons. The van der Waals surface area contributed by atoms with E-state index >= 15 is 0 Å². The van der Waals surface area contributed by atoms with Crippen LogP contribution < -0.4 is 10.1 Å². The highest BCUT2D eigenvalue weighted by Gasteiger charge is 2.13. The minimum atomic E-state index is -0.293. The van der Waals surface area contributed by atoms with Crippen molar-refractivity contribution in [2.45, 2.75) is 6.42 Å². The number of carbonyl (C=O) groups excluding carboxylic acids is 1. The summed E-state index contributed by atoms with van der Waals surface area (Å²) in [6.45, 7) is 0. The number of halogens is 2. The Morgan fingerprint density at radius 2 is 1.58 bits per heavy atom. The number of aromatic nitrogens is 1. The van der Waals surface area contributed by atoms with E-state index in [4.69, 9.17) is 27.9 Å². The largest absolute Gasteiger partial charge is 0.494 e. The van der Waals surface area contributed by atoms with Crippen LogP contribution in [0.4, 0.5) is 5.69 Å². The van der Waals surface area contributed by atoms with Crippen LogP contribution in [-0.2, 0) is 6.42 Å². The van der Waals surface area contributed by atoms with Crippen molar-refractivity contribution in [3.05, 3.63) is 87.7 Å².